The summed E-state index contributed by atoms with van der Waals surface area (Å²) in [5.74, 6) is 0.624. The highest BCUT2D eigenvalue weighted by Crippen LogP contribution is 2.26. The van der Waals surface area contributed by atoms with Crippen LogP contribution in [0, 0.1) is 0 Å². The van der Waals surface area contributed by atoms with Crippen LogP contribution in [0.25, 0.3) is 0 Å². The molecule has 0 N–H and O–H groups in total. The molecule has 0 saturated heterocycles. The van der Waals surface area contributed by atoms with Gasteiger partial charge in [0.05, 0.1) is 6.26 Å². The lowest BCUT2D eigenvalue weighted by atomic mass is 10.4. The number of hydrogen-bond acceptors (Lipinski definition) is 4. The van der Waals surface area contributed by atoms with Crippen molar-refractivity contribution in [1.82, 2.24) is 0 Å². The first-order chi connectivity index (χ1) is 4.88. The van der Waals surface area contributed by atoms with Crippen LogP contribution in [-0.2, 0) is 0 Å². The molecule has 0 aliphatic carbocycles. The molecule has 1 aromatic heterocycles. The van der Waals surface area contributed by atoms with Crippen LogP contribution >= 0.6 is 0 Å². The molecule has 0 saturated carbocycles. The summed E-state index contributed by atoms with van der Waals surface area (Å²) in [6, 6.07) is 1.55. The van der Waals surface area contributed by atoms with Gasteiger partial charge >= 0.3 is 5.63 Å². The molecule has 4 heteroatoms. The Balaban J connectivity index is 2.70. The van der Waals surface area contributed by atoms with Crippen molar-refractivity contribution in [3.8, 4) is 11.5 Å². The van der Waals surface area contributed by atoms with Gasteiger partial charge in [0, 0.05) is 6.07 Å². The average Bonchev–Trinajstić information content (AvgIpc) is 2.36. The maximum absolute atomic E-state index is 10.7. The molecule has 1 aromatic rings. The molecular formula is C6H4O4. The summed E-state index contributed by atoms with van der Waals surface area (Å²) in [4.78, 5) is 10.7. The van der Waals surface area contributed by atoms with Gasteiger partial charge in [0.25, 0.3) is 5.75 Å². The molecule has 1 aliphatic rings. The molecule has 52 valence electrons. The average molecular weight is 140 g/mol. The Morgan fingerprint density at radius 1 is 1.40 bits per heavy atom. The number of hydrogen-bond donors (Lipinski definition) is 0. The van der Waals surface area contributed by atoms with Gasteiger partial charge in [0.15, 0.2) is 5.75 Å². The summed E-state index contributed by atoms with van der Waals surface area (Å²) in [5, 5.41) is 0. The second-order valence-electron chi connectivity index (χ2n) is 1.81. The Labute approximate surface area is 56.0 Å². The van der Waals surface area contributed by atoms with E-state index in [1.165, 1.54) is 6.26 Å². The van der Waals surface area contributed by atoms with E-state index < -0.39 is 5.63 Å². The van der Waals surface area contributed by atoms with E-state index in [-0.39, 0.29) is 12.5 Å². The Morgan fingerprint density at radius 3 is 3.10 bits per heavy atom. The topological polar surface area (TPSA) is 48.7 Å². The fourth-order valence-corrected chi connectivity index (χ4v) is 0.783. The van der Waals surface area contributed by atoms with Crippen molar-refractivity contribution in [3.63, 3.8) is 0 Å². The molecule has 0 atom stereocenters. The van der Waals surface area contributed by atoms with E-state index in [1.807, 2.05) is 0 Å². The molecule has 4 nitrogen and oxygen atoms in total. The van der Waals surface area contributed by atoms with Crippen molar-refractivity contribution < 1.29 is 13.9 Å². The van der Waals surface area contributed by atoms with Crippen LogP contribution in [0.2, 0.25) is 0 Å². The quantitative estimate of drug-likeness (QED) is 0.522. The summed E-state index contributed by atoms with van der Waals surface area (Å²) >= 11 is 0. The minimum absolute atomic E-state index is 0.101. The van der Waals surface area contributed by atoms with E-state index in [0.29, 0.717) is 5.75 Å². The molecule has 0 fully saturated rings. The lowest BCUT2D eigenvalue weighted by Gasteiger charge is -1.88. The maximum atomic E-state index is 10.7. The maximum Gasteiger partial charge on any atom is 0.382 e. The summed E-state index contributed by atoms with van der Waals surface area (Å²) < 4.78 is 14.2. The predicted molar refractivity (Wildman–Crippen MR) is 31.1 cm³/mol. The van der Waals surface area contributed by atoms with Crippen molar-refractivity contribution in [3.05, 3.63) is 22.7 Å². The smallest absolute Gasteiger partial charge is 0.382 e. The fraction of sp³-hybridized carbons (Fsp3) is 0.167. The highest BCUT2D eigenvalue weighted by atomic mass is 16.7. The molecule has 1 aliphatic heterocycles. The van der Waals surface area contributed by atoms with Gasteiger partial charge in [0.1, 0.15) is 0 Å². The van der Waals surface area contributed by atoms with Crippen LogP contribution in [0.5, 0.6) is 11.5 Å². The van der Waals surface area contributed by atoms with Gasteiger partial charge < -0.3 is 13.9 Å². The molecule has 0 unspecified atom stereocenters. The van der Waals surface area contributed by atoms with Crippen LogP contribution in [0.1, 0.15) is 0 Å². The molecule has 10 heavy (non-hydrogen) atoms. The zero-order valence-electron chi connectivity index (χ0n) is 4.99. The third-order valence-electron chi connectivity index (χ3n) is 1.22. The third kappa shape index (κ3) is 0.586. The minimum Gasteiger partial charge on any atom is -0.453 e. The fourth-order valence-electron chi connectivity index (χ4n) is 0.783. The van der Waals surface area contributed by atoms with Gasteiger partial charge in [-0.1, -0.05) is 0 Å². The van der Waals surface area contributed by atoms with Crippen molar-refractivity contribution in [2.75, 3.05) is 6.79 Å². The number of ether oxygens (including phenoxy) is 2. The van der Waals surface area contributed by atoms with Gasteiger partial charge in [-0.25, -0.2) is 4.79 Å². The molecule has 0 aromatic carbocycles. The van der Waals surface area contributed by atoms with Gasteiger partial charge in [-0.2, -0.15) is 0 Å². The van der Waals surface area contributed by atoms with Gasteiger partial charge in [-0.05, 0) is 0 Å². The van der Waals surface area contributed by atoms with Gasteiger partial charge in [0.2, 0.25) is 6.79 Å². The van der Waals surface area contributed by atoms with Crippen molar-refractivity contribution in [2.24, 2.45) is 0 Å². The van der Waals surface area contributed by atoms with E-state index >= 15 is 0 Å². The van der Waals surface area contributed by atoms with Crippen LogP contribution < -0.4 is 15.1 Å². The van der Waals surface area contributed by atoms with E-state index in [9.17, 15) is 4.79 Å². The molecule has 0 spiro atoms. The molecule has 0 radical (unpaired) electrons. The van der Waals surface area contributed by atoms with Crippen LogP contribution in [0.15, 0.2) is 21.5 Å². The second-order valence-corrected chi connectivity index (χ2v) is 1.81. The summed E-state index contributed by atoms with van der Waals surface area (Å²) in [6.45, 7) is 0.101. The normalized spacial score (nSPS) is 13.6. The van der Waals surface area contributed by atoms with E-state index in [1.54, 1.807) is 6.07 Å². The van der Waals surface area contributed by atoms with E-state index in [0.717, 1.165) is 0 Å². The van der Waals surface area contributed by atoms with E-state index in [2.05, 4.69) is 4.42 Å². The lowest BCUT2D eigenvalue weighted by Crippen LogP contribution is -2.00. The monoisotopic (exact) mass is 140 g/mol. The molecule has 0 amide bonds. The highest BCUT2D eigenvalue weighted by Gasteiger charge is 2.16. The Hall–Kier alpha value is -1.45. The predicted octanol–water partition coefficient (Wildman–Crippen LogP) is 0.368. The summed E-state index contributed by atoms with van der Waals surface area (Å²) in [6.07, 6.45) is 1.27. The standard InChI is InChI=1S/C6H4O4/c7-6-5-4(1-2-8-6)9-3-10-5/h1-2H,3H2. The highest BCUT2D eigenvalue weighted by molar-refractivity contribution is 5.37. The Bertz CT molecular complexity index is 301. The molecule has 2 heterocycles. The molecule has 2 rings (SSSR count). The SMILES string of the molecule is O=c1occc2c1OCO2. The number of fused-ring (bicyclic) bond motifs is 1. The first-order valence-electron chi connectivity index (χ1n) is 2.75. The molecule has 0 bridgehead atoms. The summed E-state index contributed by atoms with van der Waals surface area (Å²) in [7, 11) is 0. The zero-order chi connectivity index (χ0) is 6.97. The van der Waals surface area contributed by atoms with Crippen molar-refractivity contribution in [1.29, 1.82) is 0 Å². The minimum atomic E-state index is -0.491. The van der Waals surface area contributed by atoms with Crippen molar-refractivity contribution in [2.45, 2.75) is 0 Å². The van der Waals surface area contributed by atoms with Crippen LogP contribution in [-0.4, -0.2) is 6.79 Å². The Morgan fingerprint density at radius 2 is 2.30 bits per heavy atom. The summed E-state index contributed by atoms with van der Waals surface area (Å²) in [5.41, 5.74) is -0.491. The largest absolute Gasteiger partial charge is 0.453 e. The first-order valence-corrected chi connectivity index (χ1v) is 2.75. The van der Waals surface area contributed by atoms with Gasteiger partial charge in [-0.3, -0.25) is 0 Å². The van der Waals surface area contributed by atoms with Crippen LogP contribution in [0.4, 0.5) is 0 Å². The lowest BCUT2D eigenvalue weighted by molar-refractivity contribution is 0.172. The third-order valence-corrected chi connectivity index (χ3v) is 1.22. The van der Waals surface area contributed by atoms with E-state index in [4.69, 9.17) is 9.47 Å². The van der Waals surface area contributed by atoms with Crippen LogP contribution in [0.3, 0.4) is 0 Å². The first kappa shape index (κ1) is 5.34. The van der Waals surface area contributed by atoms with Gasteiger partial charge in [-0.15, -0.1) is 0 Å². The van der Waals surface area contributed by atoms with Crippen molar-refractivity contribution >= 4 is 0 Å². The zero-order valence-corrected chi connectivity index (χ0v) is 4.99. The Kier molecular flexibility index (Phi) is 0.943. The molecular weight excluding hydrogens is 136 g/mol. The number of rotatable bonds is 0. The second kappa shape index (κ2) is 1.76.